The van der Waals surface area contributed by atoms with Gasteiger partial charge in [0.2, 0.25) is 0 Å². The Hall–Kier alpha value is -0.430. The predicted molar refractivity (Wildman–Crippen MR) is 67.8 cm³/mol. The number of rotatable bonds is 0. The molecule has 0 aliphatic rings. The molecule has 0 nitrogen and oxygen atoms in total. The average Bonchev–Trinajstić information content (AvgIpc) is 2.86. The smallest absolute Gasteiger partial charge is 0 e. The van der Waals surface area contributed by atoms with Crippen LogP contribution in [0.25, 0.3) is 0 Å². The maximum Gasteiger partial charge on any atom is 0 e. The fourth-order valence-electron chi connectivity index (χ4n) is 1.73. The first-order chi connectivity index (χ1) is 7.05. The molecule has 1 heteroatoms. The van der Waals surface area contributed by atoms with E-state index in [0.29, 0.717) is 0 Å². The molecule has 2 aromatic rings. The third kappa shape index (κ3) is 3.55. The largest absolute Gasteiger partial charge is 0.748 e. The first-order valence-corrected chi connectivity index (χ1v) is 5.42. The van der Waals surface area contributed by atoms with Gasteiger partial charge in [0.05, 0.1) is 0 Å². The summed E-state index contributed by atoms with van der Waals surface area (Å²) in [4.78, 5) is 0. The summed E-state index contributed by atoms with van der Waals surface area (Å²) < 4.78 is 0. The zero-order valence-electron chi connectivity index (χ0n) is 11.0. The normalized spacial score (nSPS) is 9.06. The molecule has 0 spiro atoms. The summed E-state index contributed by atoms with van der Waals surface area (Å²) in [6, 6.07) is 10.0. The van der Waals surface area contributed by atoms with E-state index in [4.69, 9.17) is 0 Å². The Balaban J connectivity index is 0.000000318. The molecule has 0 saturated heterocycles. The van der Waals surface area contributed by atoms with Gasteiger partial charge in [-0.05, 0) is 0 Å². The van der Waals surface area contributed by atoms with Gasteiger partial charge in [-0.3, -0.25) is 0 Å². The number of hydrogen-bond donors (Lipinski definition) is 0. The van der Waals surface area contributed by atoms with E-state index in [2.05, 4.69) is 34.6 Å². The minimum atomic E-state index is 0. The van der Waals surface area contributed by atoms with Crippen molar-refractivity contribution >= 4 is 0 Å². The van der Waals surface area contributed by atoms with E-state index in [1.54, 1.807) is 0 Å². The zero-order chi connectivity index (χ0) is 11.4. The average molecular weight is 245 g/mol. The van der Waals surface area contributed by atoms with Crippen LogP contribution in [0, 0.1) is 34.6 Å². The molecular formula is C15H20Sc-6. The van der Waals surface area contributed by atoms with E-state index in [-0.39, 0.29) is 25.8 Å². The molecule has 0 bridgehead atoms. The van der Waals surface area contributed by atoms with E-state index >= 15 is 0 Å². The van der Waals surface area contributed by atoms with Gasteiger partial charge in [0, 0.05) is 25.8 Å². The van der Waals surface area contributed by atoms with Crippen molar-refractivity contribution in [2.75, 3.05) is 0 Å². The molecule has 0 saturated carbocycles. The minimum absolute atomic E-state index is 0. The summed E-state index contributed by atoms with van der Waals surface area (Å²) in [5.41, 5.74) is 7.34. The Bertz CT molecular complexity index is 308. The van der Waals surface area contributed by atoms with Crippen LogP contribution in [-0.4, -0.2) is 0 Å². The minimum Gasteiger partial charge on any atom is -0.748 e. The van der Waals surface area contributed by atoms with Gasteiger partial charge in [-0.2, -0.15) is 27.8 Å². The molecule has 0 aliphatic carbocycles. The molecule has 2 rings (SSSR count). The summed E-state index contributed by atoms with van der Waals surface area (Å²) in [6.07, 6.45) is 0. The van der Waals surface area contributed by atoms with Crippen LogP contribution in [0.5, 0.6) is 0 Å². The predicted octanol–water partition coefficient (Wildman–Crippen LogP) is 4.35. The van der Waals surface area contributed by atoms with Gasteiger partial charge >= 0.3 is 0 Å². The third-order valence-electron chi connectivity index (χ3n) is 3.37. The first kappa shape index (κ1) is 15.6. The van der Waals surface area contributed by atoms with Crippen LogP contribution < -0.4 is 0 Å². The van der Waals surface area contributed by atoms with E-state index < -0.39 is 0 Å². The van der Waals surface area contributed by atoms with Gasteiger partial charge < -0.3 is 30.3 Å². The third-order valence-corrected chi connectivity index (χ3v) is 3.37. The maximum absolute atomic E-state index is 2.20. The maximum atomic E-state index is 2.20. The fraction of sp³-hybridized carbons (Fsp3) is 0.333. The summed E-state index contributed by atoms with van der Waals surface area (Å²) in [5.74, 6) is 0. The van der Waals surface area contributed by atoms with Crippen LogP contribution in [0.15, 0.2) is 30.3 Å². The van der Waals surface area contributed by atoms with Gasteiger partial charge in [0.15, 0.2) is 0 Å². The molecule has 0 fully saturated rings. The molecule has 2 aromatic carbocycles. The van der Waals surface area contributed by atoms with Crippen LogP contribution in [-0.2, 0) is 25.8 Å². The van der Waals surface area contributed by atoms with Gasteiger partial charge in [-0.1, -0.05) is 34.6 Å². The van der Waals surface area contributed by atoms with E-state index in [1.165, 1.54) is 27.8 Å². The van der Waals surface area contributed by atoms with Crippen molar-refractivity contribution in [3.63, 3.8) is 0 Å². The molecule has 0 heterocycles. The Kier molecular flexibility index (Phi) is 6.82. The molecule has 0 aliphatic heterocycles. The Morgan fingerprint density at radius 1 is 0.688 bits per heavy atom. The van der Waals surface area contributed by atoms with Crippen LogP contribution >= 0.6 is 0 Å². The zero-order valence-corrected chi connectivity index (χ0v) is 12.8. The van der Waals surface area contributed by atoms with Gasteiger partial charge in [-0.25, -0.2) is 0 Å². The van der Waals surface area contributed by atoms with E-state index in [9.17, 15) is 0 Å². The topological polar surface area (TPSA) is 0 Å². The summed E-state index contributed by atoms with van der Waals surface area (Å²) in [5, 5.41) is 0. The van der Waals surface area contributed by atoms with Crippen molar-refractivity contribution in [2.45, 2.75) is 34.6 Å². The van der Waals surface area contributed by atoms with E-state index in [1.807, 2.05) is 30.3 Å². The van der Waals surface area contributed by atoms with Crippen molar-refractivity contribution in [2.24, 2.45) is 0 Å². The van der Waals surface area contributed by atoms with Crippen LogP contribution in [0.2, 0.25) is 0 Å². The number of hydrogen-bond acceptors (Lipinski definition) is 0. The summed E-state index contributed by atoms with van der Waals surface area (Å²) in [7, 11) is 0. The molecule has 0 aromatic heterocycles. The van der Waals surface area contributed by atoms with Crippen LogP contribution in [0.4, 0.5) is 0 Å². The molecular weight excluding hydrogens is 225 g/mol. The second-order valence-corrected chi connectivity index (χ2v) is 4.09. The molecule has 0 unspecified atom stereocenters. The Morgan fingerprint density at radius 3 is 1.06 bits per heavy atom. The fourth-order valence-corrected chi connectivity index (χ4v) is 1.73. The Morgan fingerprint density at radius 2 is 0.938 bits per heavy atom. The summed E-state index contributed by atoms with van der Waals surface area (Å²) >= 11 is 0. The molecule has 89 valence electrons. The van der Waals surface area contributed by atoms with Crippen LogP contribution in [0.1, 0.15) is 27.8 Å². The quantitative estimate of drug-likeness (QED) is 0.605. The van der Waals surface area contributed by atoms with Crippen molar-refractivity contribution in [1.82, 2.24) is 0 Å². The summed E-state index contributed by atoms with van der Waals surface area (Å²) in [6.45, 7) is 11.0. The van der Waals surface area contributed by atoms with Gasteiger partial charge in [0.25, 0.3) is 0 Å². The monoisotopic (exact) mass is 245 g/mol. The molecule has 0 amide bonds. The second kappa shape index (κ2) is 7.01. The van der Waals surface area contributed by atoms with Crippen LogP contribution in [0.3, 0.4) is 0 Å². The van der Waals surface area contributed by atoms with Crippen molar-refractivity contribution < 1.29 is 25.8 Å². The van der Waals surface area contributed by atoms with Crippen molar-refractivity contribution in [1.29, 1.82) is 0 Å². The molecule has 16 heavy (non-hydrogen) atoms. The Labute approximate surface area is 118 Å². The molecule has 0 atom stereocenters. The molecule has 0 N–H and O–H groups in total. The molecule has 1 radical (unpaired) electrons. The van der Waals surface area contributed by atoms with Gasteiger partial charge in [-0.15, -0.1) is 0 Å². The standard InChI is InChI=1S/C10H15.C5H5.Sc/c1-6-7(2)9(4)10(5)8(6)3;1-2-4-5-3-1;/h1-5H3;1-5H;/q-1;-5;. The SMILES string of the molecule is Cc1c(C)c(C)[c-](C)c1C.[Sc].[cH-]1[cH-][cH-][cH-][cH-]1. The van der Waals surface area contributed by atoms with Crippen molar-refractivity contribution in [3.8, 4) is 0 Å². The first-order valence-electron chi connectivity index (χ1n) is 5.42. The second-order valence-electron chi connectivity index (χ2n) is 4.09. The van der Waals surface area contributed by atoms with Gasteiger partial charge in [0.1, 0.15) is 0 Å². The van der Waals surface area contributed by atoms with Crippen molar-refractivity contribution in [3.05, 3.63) is 58.1 Å². The van der Waals surface area contributed by atoms with E-state index in [0.717, 1.165) is 0 Å².